The van der Waals surface area contributed by atoms with E-state index in [-0.39, 0.29) is 22.3 Å². The molecule has 0 atom stereocenters. The number of Topliss-reactive ketones (excluding diaryl/α,β-unsaturated/α-hetero) is 1. The summed E-state index contributed by atoms with van der Waals surface area (Å²) in [6.45, 7) is 3.10. The van der Waals surface area contributed by atoms with Crippen molar-refractivity contribution in [1.29, 1.82) is 0 Å². The minimum Gasteiger partial charge on any atom is -0.366 e. The molecule has 0 radical (unpaired) electrons. The quantitative estimate of drug-likeness (QED) is 0.499. The maximum Gasteiger partial charge on any atom is 0.253 e. The lowest BCUT2D eigenvalue weighted by Gasteiger charge is -2.36. The van der Waals surface area contributed by atoms with Crippen molar-refractivity contribution < 1.29 is 22.4 Å². The maximum atomic E-state index is 14.5. The molecule has 0 saturated carbocycles. The summed E-state index contributed by atoms with van der Waals surface area (Å²) in [6.07, 6.45) is 0. The van der Waals surface area contributed by atoms with E-state index < -0.39 is 15.7 Å². The van der Waals surface area contributed by atoms with Crippen LogP contribution in [-0.4, -0.2) is 51.2 Å². The minimum atomic E-state index is -3.52. The number of amides is 1. The van der Waals surface area contributed by atoms with Gasteiger partial charge < -0.3 is 9.80 Å². The Morgan fingerprint density at radius 2 is 1.56 bits per heavy atom. The van der Waals surface area contributed by atoms with Crippen LogP contribution in [0.2, 0.25) is 0 Å². The van der Waals surface area contributed by atoms with Gasteiger partial charge in [-0.25, -0.2) is 12.8 Å². The highest BCUT2D eigenvalue weighted by Gasteiger charge is 2.24. The van der Waals surface area contributed by atoms with Gasteiger partial charge in [0.25, 0.3) is 5.91 Å². The summed E-state index contributed by atoms with van der Waals surface area (Å²) in [5, 5.41) is 0. The zero-order valence-electron chi connectivity index (χ0n) is 18.8. The fourth-order valence-corrected chi connectivity index (χ4v) is 5.40. The van der Waals surface area contributed by atoms with Gasteiger partial charge in [-0.2, -0.15) is 0 Å². The standard InChI is InChI=1S/C26H25FN2O4S/c1-19(30)21-10-11-25(24(27)17-21)28-12-14-29(15-13-28)26(31)22-7-5-6-20(16-22)18-34(32,33)23-8-3-2-4-9-23/h2-11,16-17H,12-15,18H2,1H3. The van der Waals surface area contributed by atoms with Gasteiger partial charge in [0.1, 0.15) is 5.82 Å². The summed E-state index contributed by atoms with van der Waals surface area (Å²) < 4.78 is 39.9. The SMILES string of the molecule is CC(=O)c1ccc(N2CCN(C(=O)c3cccc(CS(=O)(=O)c4ccccc4)c3)CC2)c(F)c1. The molecule has 6 nitrogen and oxygen atoms in total. The predicted octanol–water partition coefficient (Wildman–Crippen LogP) is 3.96. The zero-order valence-corrected chi connectivity index (χ0v) is 19.6. The van der Waals surface area contributed by atoms with Gasteiger partial charge in [-0.15, -0.1) is 0 Å². The molecule has 0 aromatic heterocycles. The number of nitrogens with zero attached hydrogens (tertiary/aromatic N) is 2. The van der Waals surface area contributed by atoms with Crippen LogP contribution in [0, 0.1) is 5.82 Å². The van der Waals surface area contributed by atoms with Crippen LogP contribution in [0.1, 0.15) is 33.2 Å². The fourth-order valence-electron chi connectivity index (χ4n) is 4.04. The molecule has 0 spiro atoms. The number of anilines is 1. The number of hydrogen-bond acceptors (Lipinski definition) is 5. The molecule has 1 aliphatic rings. The monoisotopic (exact) mass is 480 g/mol. The highest BCUT2D eigenvalue weighted by molar-refractivity contribution is 7.90. The summed E-state index contributed by atoms with van der Waals surface area (Å²) in [6, 6.07) is 19.3. The zero-order chi connectivity index (χ0) is 24.3. The first-order valence-corrected chi connectivity index (χ1v) is 12.6. The molecular formula is C26H25FN2O4S. The summed E-state index contributed by atoms with van der Waals surface area (Å²) in [4.78, 5) is 28.3. The molecule has 1 amide bonds. The van der Waals surface area contributed by atoms with Gasteiger partial charge in [0.05, 0.1) is 16.3 Å². The van der Waals surface area contributed by atoms with Crippen LogP contribution in [-0.2, 0) is 15.6 Å². The van der Waals surface area contributed by atoms with Gasteiger partial charge >= 0.3 is 0 Å². The highest BCUT2D eigenvalue weighted by atomic mass is 32.2. The van der Waals surface area contributed by atoms with Gasteiger partial charge in [0.2, 0.25) is 0 Å². The molecular weight excluding hydrogens is 455 g/mol. The smallest absolute Gasteiger partial charge is 0.253 e. The molecule has 1 saturated heterocycles. The van der Waals surface area contributed by atoms with Gasteiger partial charge in [0.15, 0.2) is 15.6 Å². The lowest BCUT2D eigenvalue weighted by atomic mass is 10.1. The van der Waals surface area contributed by atoms with E-state index in [0.717, 1.165) is 0 Å². The number of ketones is 1. The summed E-state index contributed by atoms with van der Waals surface area (Å²) in [7, 11) is -3.52. The normalized spacial score (nSPS) is 14.2. The van der Waals surface area contributed by atoms with E-state index in [0.29, 0.717) is 48.6 Å². The van der Waals surface area contributed by atoms with Crippen LogP contribution < -0.4 is 4.90 Å². The first-order chi connectivity index (χ1) is 16.2. The molecule has 3 aromatic rings. The van der Waals surface area contributed by atoms with Gasteiger partial charge in [-0.3, -0.25) is 9.59 Å². The van der Waals surface area contributed by atoms with Gasteiger partial charge in [-0.05, 0) is 55.0 Å². The van der Waals surface area contributed by atoms with E-state index in [1.807, 2.05) is 4.90 Å². The fraction of sp³-hybridized carbons (Fsp3) is 0.231. The van der Waals surface area contributed by atoms with Crippen molar-refractivity contribution >= 4 is 27.2 Å². The molecule has 1 heterocycles. The number of carbonyl (C=O) groups is 2. The van der Waals surface area contributed by atoms with Crippen molar-refractivity contribution in [1.82, 2.24) is 4.90 Å². The van der Waals surface area contributed by atoms with Crippen molar-refractivity contribution in [3.8, 4) is 0 Å². The molecule has 34 heavy (non-hydrogen) atoms. The van der Waals surface area contributed by atoms with Crippen LogP contribution in [0.15, 0.2) is 77.7 Å². The molecule has 4 rings (SSSR count). The van der Waals surface area contributed by atoms with E-state index in [4.69, 9.17) is 0 Å². The van der Waals surface area contributed by atoms with Crippen molar-refractivity contribution in [2.75, 3.05) is 31.1 Å². The van der Waals surface area contributed by atoms with E-state index in [2.05, 4.69) is 0 Å². The number of carbonyl (C=O) groups excluding carboxylic acids is 2. The Labute approximate surface area is 198 Å². The third-order valence-electron chi connectivity index (χ3n) is 5.89. The van der Waals surface area contributed by atoms with Crippen LogP contribution >= 0.6 is 0 Å². The number of hydrogen-bond donors (Lipinski definition) is 0. The van der Waals surface area contributed by atoms with Crippen molar-refractivity contribution in [2.45, 2.75) is 17.6 Å². The van der Waals surface area contributed by atoms with E-state index in [1.165, 1.54) is 13.0 Å². The molecule has 1 fully saturated rings. The van der Waals surface area contributed by atoms with E-state index >= 15 is 0 Å². The van der Waals surface area contributed by atoms with Crippen molar-refractivity contribution in [3.63, 3.8) is 0 Å². The molecule has 0 bridgehead atoms. The third kappa shape index (κ3) is 5.17. The van der Waals surface area contributed by atoms with Gasteiger partial charge in [0, 0.05) is 37.3 Å². The Morgan fingerprint density at radius 1 is 0.853 bits per heavy atom. The maximum absolute atomic E-state index is 14.5. The number of rotatable bonds is 6. The van der Waals surface area contributed by atoms with Crippen LogP contribution in [0.4, 0.5) is 10.1 Å². The van der Waals surface area contributed by atoms with Crippen LogP contribution in [0.5, 0.6) is 0 Å². The summed E-state index contributed by atoms with van der Waals surface area (Å²) in [5.41, 5.74) is 1.70. The number of benzene rings is 3. The topological polar surface area (TPSA) is 74.8 Å². The second-order valence-corrected chi connectivity index (χ2v) is 10.3. The Morgan fingerprint density at radius 3 is 2.21 bits per heavy atom. The summed E-state index contributed by atoms with van der Waals surface area (Å²) in [5.74, 6) is -1.04. The average Bonchev–Trinajstić information content (AvgIpc) is 2.84. The Kier molecular flexibility index (Phi) is 6.79. The average molecular weight is 481 g/mol. The van der Waals surface area contributed by atoms with Gasteiger partial charge in [-0.1, -0.05) is 30.3 Å². The first-order valence-electron chi connectivity index (χ1n) is 11.0. The highest BCUT2D eigenvalue weighted by Crippen LogP contribution is 2.23. The van der Waals surface area contributed by atoms with E-state index in [9.17, 15) is 22.4 Å². The Balaban J connectivity index is 1.42. The van der Waals surface area contributed by atoms with Crippen molar-refractivity contribution in [3.05, 3.63) is 95.3 Å². The molecule has 8 heteroatoms. The molecule has 176 valence electrons. The molecule has 0 aliphatic carbocycles. The second kappa shape index (κ2) is 9.77. The third-order valence-corrected chi connectivity index (χ3v) is 7.60. The number of sulfone groups is 1. The largest absolute Gasteiger partial charge is 0.366 e. The number of halogens is 1. The van der Waals surface area contributed by atoms with E-state index in [1.54, 1.807) is 71.6 Å². The van der Waals surface area contributed by atoms with Crippen LogP contribution in [0.3, 0.4) is 0 Å². The predicted molar refractivity (Wildman–Crippen MR) is 128 cm³/mol. The molecule has 0 unspecified atom stereocenters. The second-order valence-electron chi connectivity index (χ2n) is 8.27. The minimum absolute atomic E-state index is 0.189. The Hall–Kier alpha value is -3.52. The molecule has 3 aromatic carbocycles. The lowest BCUT2D eigenvalue weighted by molar-refractivity contribution is 0.0746. The summed E-state index contributed by atoms with van der Waals surface area (Å²) >= 11 is 0. The molecule has 1 aliphatic heterocycles. The van der Waals surface area contributed by atoms with Crippen molar-refractivity contribution in [2.24, 2.45) is 0 Å². The lowest BCUT2D eigenvalue weighted by Crippen LogP contribution is -2.49. The van der Waals surface area contributed by atoms with Crippen LogP contribution in [0.25, 0.3) is 0 Å². The first kappa shape index (κ1) is 23.6. The molecule has 0 N–H and O–H groups in total. The Bertz CT molecular complexity index is 1320. The number of piperazine rings is 1.